The smallest absolute Gasteiger partial charge is 0.214 e. The van der Waals surface area contributed by atoms with Crippen LogP contribution in [0.4, 0.5) is 5.69 Å². The minimum absolute atomic E-state index is 0.601. The zero-order chi connectivity index (χ0) is 15.8. The number of hydrogen-bond donors (Lipinski definition) is 3. The van der Waals surface area contributed by atoms with Gasteiger partial charge >= 0.3 is 0 Å². The number of anilines is 1. The van der Waals surface area contributed by atoms with Gasteiger partial charge in [-0.3, -0.25) is 0 Å². The third-order valence-electron chi connectivity index (χ3n) is 3.26. The Balaban J connectivity index is 1.84. The van der Waals surface area contributed by atoms with Crippen LogP contribution in [0.25, 0.3) is 11.4 Å². The topological polar surface area (TPSA) is 75.0 Å². The van der Waals surface area contributed by atoms with Gasteiger partial charge in [0.1, 0.15) is 0 Å². The van der Waals surface area contributed by atoms with Crippen LogP contribution in [0.3, 0.4) is 0 Å². The SMILES string of the molecule is C=C(CNc1ccc(-c2ncon2)cc1C)NCCNCC. The molecule has 0 aliphatic heterocycles. The fourth-order valence-corrected chi connectivity index (χ4v) is 2.07. The summed E-state index contributed by atoms with van der Waals surface area (Å²) in [6, 6.07) is 6.03. The van der Waals surface area contributed by atoms with Crippen LogP contribution in [-0.4, -0.2) is 36.3 Å². The summed E-state index contributed by atoms with van der Waals surface area (Å²) in [7, 11) is 0. The van der Waals surface area contributed by atoms with Crippen LogP contribution in [0.1, 0.15) is 12.5 Å². The maximum absolute atomic E-state index is 4.77. The normalized spacial score (nSPS) is 10.5. The molecule has 0 fully saturated rings. The van der Waals surface area contributed by atoms with Crippen molar-refractivity contribution in [3.8, 4) is 11.4 Å². The summed E-state index contributed by atoms with van der Waals surface area (Å²) in [5.41, 5.74) is 4.11. The molecule has 1 aromatic heterocycles. The first-order valence-corrected chi connectivity index (χ1v) is 7.44. The molecule has 3 N–H and O–H groups in total. The van der Waals surface area contributed by atoms with Crippen molar-refractivity contribution in [1.82, 2.24) is 20.8 Å². The van der Waals surface area contributed by atoms with Crippen molar-refractivity contribution < 1.29 is 4.52 Å². The summed E-state index contributed by atoms with van der Waals surface area (Å²) in [4.78, 5) is 4.05. The summed E-state index contributed by atoms with van der Waals surface area (Å²) in [5.74, 6) is 0.601. The lowest BCUT2D eigenvalue weighted by Gasteiger charge is -2.14. The molecule has 1 heterocycles. The highest BCUT2D eigenvalue weighted by molar-refractivity contribution is 5.63. The molecule has 6 heteroatoms. The lowest BCUT2D eigenvalue weighted by atomic mass is 10.1. The molecular formula is C16H23N5O. The molecule has 6 nitrogen and oxygen atoms in total. The minimum atomic E-state index is 0.601. The Hall–Kier alpha value is -2.34. The first-order chi connectivity index (χ1) is 10.7. The number of aromatic nitrogens is 2. The fourth-order valence-electron chi connectivity index (χ4n) is 2.07. The third kappa shape index (κ3) is 4.60. The van der Waals surface area contributed by atoms with E-state index in [0.717, 1.165) is 42.1 Å². The fraction of sp³-hybridized carbons (Fsp3) is 0.375. The van der Waals surface area contributed by atoms with E-state index in [9.17, 15) is 0 Å². The largest absolute Gasteiger partial charge is 0.386 e. The molecule has 0 atom stereocenters. The molecular weight excluding hydrogens is 278 g/mol. The van der Waals surface area contributed by atoms with Crippen LogP contribution in [0.15, 0.2) is 41.4 Å². The van der Waals surface area contributed by atoms with Crippen molar-refractivity contribution in [2.45, 2.75) is 13.8 Å². The van der Waals surface area contributed by atoms with Gasteiger partial charge in [0.25, 0.3) is 0 Å². The number of nitrogens with one attached hydrogen (secondary N) is 3. The quantitative estimate of drug-likeness (QED) is 0.616. The van der Waals surface area contributed by atoms with E-state index in [0.29, 0.717) is 12.4 Å². The standard InChI is InChI=1S/C16H23N5O/c1-4-17-7-8-18-13(3)10-19-15-6-5-14(9-12(15)2)16-20-11-22-21-16/h5-6,9,11,17-19H,3-4,7-8,10H2,1-2H3. The Morgan fingerprint density at radius 1 is 1.32 bits per heavy atom. The third-order valence-corrected chi connectivity index (χ3v) is 3.26. The molecule has 0 amide bonds. The molecule has 0 bridgehead atoms. The van der Waals surface area contributed by atoms with Crippen molar-refractivity contribution in [3.63, 3.8) is 0 Å². The monoisotopic (exact) mass is 301 g/mol. The van der Waals surface area contributed by atoms with Gasteiger partial charge in [0.15, 0.2) is 0 Å². The summed E-state index contributed by atoms with van der Waals surface area (Å²) >= 11 is 0. The van der Waals surface area contributed by atoms with Gasteiger partial charge < -0.3 is 20.5 Å². The van der Waals surface area contributed by atoms with Gasteiger partial charge in [0.05, 0.1) is 6.54 Å². The Labute approximate surface area is 131 Å². The highest BCUT2D eigenvalue weighted by atomic mass is 16.5. The molecule has 0 aliphatic carbocycles. The first-order valence-electron chi connectivity index (χ1n) is 7.44. The van der Waals surface area contributed by atoms with Crippen molar-refractivity contribution >= 4 is 5.69 Å². The molecule has 1 aromatic carbocycles. The molecule has 0 unspecified atom stereocenters. The van der Waals surface area contributed by atoms with E-state index in [4.69, 9.17) is 4.52 Å². The van der Waals surface area contributed by atoms with Gasteiger partial charge in [0.2, 0.25) is 12.2 Å². The Morgan fingerprint density at radius 2 is 2.18 bits per heavy atom. The van der Waals surface area contributed by atoms with Crippen LogP contribution < -0.4 is 16.0 Å². The van der Waals surface area contributed by atoms with Gasteiger partial charge in [-0.15, -0.1) is 0 Å². The molecule has 22 heavy (non-hydrogen) atoms. The number of benzene rings is 1. The van der Waals surface area contributed by atoms with Gasteiger partial charge in [-0.25, -0.2) is 0 Å². The highest BCUT2D eigenvalue weighted by Crippen LogP contribution is 2.22. The second-order valence-electron chi connectivity index (χ2n) is 5.02. The molecule has 0 aliphatic rings. The number of nitrogens with zero attached hydrogens (tertiary/aromatic N) is 2. The van der Waals surface area contributed by atoms with E-state index in [1.165, 1.54) is 6.39 Å². The summed E-state index contributed by atoms with van der Waals surface area (Å²) in [6.45, 7) is 11.7. The van der Waals surface area contributed by atoms with E-state index >= 15 is 0 Å². The molecule has 0 radical (unpaired) electrons. The molecule has 0 spiro atoms. The van der Waals surface area contributed by atoms with E-state index in [1.54, 1.807) is 0 Å². The van der Waals surface area contributed by atoms with Crippen molar-refractivity contribution in [3.05, 3.63) is 42.4 Å². The van der Waals surface area contributed by atoms with Crippen LogP contribution in [-0.2, 0) is 0 Å². The Kier molecular flexibility index (Phi) is 5.97. The Bertz CT molecular complexity index is 595. The lowest BCUT2D eigenvalue weighted by molar-refractivity contribution is 0.419. The number of hydrogen-bond acceptors (Lipinski definition) is 6. The minimum Gasteiger partial charge on any atom is -0.386 e. The molecule has 118 valence electrons. The van der Waals surface area contributed by atoms with E-state index in [2.05, 4.69) is 39.6 Å². The average molecular weight is 301 g/mol. The van der Waals surface area contributed by atoms with Crippen LogP contribution in [0, 0.1) is 6.92 Å². The average Bonchev–Trinajstić information content (AvgIpc) is 3.04. The van der Waals surface area contributed by atoms with Crippen LogP contribution in [0.5, 0.6) is 0 Å². The molecule has 0 saturated heterocycles. The van der Waals surface area contributed by atoms with Gasteiger partial charge in [-0.2, -0.15) is 4.98 Å². The summed E-state index contributed by atoms with van der Waals surface area (Å²) in [6.07, 6.45) is 1.33. The molecule has 0 saturated carbocycles. The van der Waals surface area contributed by atoms with Crippen LogP contribution >= 0.6 is 0 Å². The van der Waals surface area contributed by atoms with E-state index in [1.807, 2.05) is 25.1 Å². The predicted molar refractivity (Wildman–Crippen MR) is 88.6 cm³/mol. The Morgan fingerprint density at radius 3 is 2.86 bits per heavy atom. The first kappa shape index (κ1) is 16.0. The van der Waals surface area contributed by atoms with Gasteiger partial charge in [-0.05, 0) is 37.2 Å². The number of likely N-dealkylation sites (N-methyl/N-ethyl adjacent to an activating group) is 1. The maximum Gasteiger partial charge on any atom is 0.214 e. The zero-order valence-corrected chi connectivity index (χ0v) is 13.1. The van der Waals surface area contributed by atoms with Crippen LogP contribution in [0.2, 0.25) is 0 Å². The van der Waals surface area contributed by atoms with Crippen molar-refractivity contribution in [2.24, 2.45) is 0 Å². The summed E-state index contributed by atoms with van der Waals surface area (Å²) in [5, 5.41) is 13.8. The van der Waals surface area contributed by atoms with Gasteiger partial charge in [0, 0.05) is 30.0 Å². The second-order valence-corrected chi connectivity index (χ2v) is 5.02. The molecule has 2 rings (SSSR count). The lowest BCUT2D eigenvalue weighted by Crippen LogP contribution is -2.28. The zero-order valence-electron chi connectivity index (χ0n) is 13.1. The van der Waals surface area contributed by atoms with E-state index < -0.39 is 0 Å². The van der Waals surface area contributed by atoms with E-state index in [-0.39, 0.29) is 0 Å². The van der Waals surface area contributed by atoms with Crippen molar-refractivity contribution in [2.75, 3.05) is 31.5 Å². The predicted octanol–water partition coefficient (Wildman–Crippen LogP) is 2.17. The number of rotatable bonds is 9. The second kappa shape index (κ2) is 8.19. The van der Waals surface area contributed by atoms with Crippen molar-refractivity contribution in [1.29, 1.82) is 0 Å². The maximum atomic E-state index is 4.77. The van der Waals surface area contributed by atoms with Gasteiger partial charge in [-0.1, -0.05) is 18.7 Å². The molecule has 2 aromatic rings. The highest BCUT2D eigenvalue weighted by Gasteiger charge is 2.06. The number of aryl methyl sites for hydroxylation is 1. The summed E-state index contributed by atoms with van der Waals surface area (Å²) < 4.78 is 4.77.